The van der Waals surface area contributed by atoms with Gasteiger partial charge in [0.25, 0.3) is 0 Å². The molecule has 2 aromatic carbocycles. The molecule has 4 bridgehead atoms. The summed E-state index contributed by atoms with van der Waals surface area (Å²) in [5.74, 6) is 1.31. The maximum atomic E-state index is 11.3. The SMILES string of the molecule is CC(=O)Oc1ccc2cc1Oc1ccc(cc1)CC[C@H](O)CCCC2. The fourth-order valence-corrected chi connectivity index (χ4v) is 3.06. The molecule has 2 aromatic rings. The van der Waals surface area contributed by atoms with Gasteiger partial charge in [-0.1, -0.05) is 24.6 Å². The average molecular weight is 340 g/mol. The van der Waals surface area contributed by atoms with Crippen molar-refractivity contribution in [3.05, 3.63) is 53.6 Å². The van der Waals surface area contributed by atoms with Crippen LogP contribution in [-0.2, 0) is 17.6 Å². The molecule has 0 saturated heterocycles. The van der Waals surface area contributed by atoms with Gasteiger partial charge in [0.1, 0.15) is 5.75 Å². The lowest BCUT2D eigenvalue weighted by Crippen LogP contribution is -2.08. The van der Waals surface area contributed by atoms with Crippen LogP contribution in [0.1, 0.15) is 43.7 Å². The summed E-state index contributed by atoms with van der Waals surface area (Å²) in [7, 11) is 0. The van der Waals surface area contributed by atoms with Gasteiger partial charge in [-0.05, 0) is 67.5 Å². The Hall–Kier alpha value is -2.33. The summed E-state index contributed by atoms with van der Waals surface area (Å²) < 4.78 is 11.2. The van der Waals surface area contributed by atoms with Crippen molar-refractivity contribution in [1.29, 1.82) is 0 Å². The lowest BCUT2D eigenvalue weighted by Gasteiger charge is -2.13. The minimum absolute atomic E-state index is 0.247. The second kappa shape index (κ2) is 8.17. The van der Waals surface area contributed by atoms with E-state index in [-0.39, 0.29) is 12.1 Å². The quantitative estimate of drug-likeness (QED) is 0.616. The van der Waals surface area contributed by atoms with Crippen LogP contribution in [-0.4, -0.2) is 17.2 Å². The zero-order chi connectivity index (χ0) is 17.6. The van der Waals surface area contributed by atoms with Crippen LogP contribution >= 0.6 is 0 Å². The highest BCUT2D eigenvalue weighted by molar-refractivity contribution is 5.70. The van der Waals surface area contributed by atoms with Crippen molar-refractivity contribution in [1.82, 2.24) is 0 Å². The molecule has 4 rings (SSSR count). The van der Waals surface area contributed by atoms with E-state index < -0.39 is 0 Å². The molecule has 0 spiro atoms. The van der Waals surface area contributed by atoms with E-state index in [9.17, 15) is 9.90 Å². The number of aliphatic hydroxyl groups excluding tert-OH is 1. The summed E-state index contributed by atoms with van der Waals surface area (Å²) in [5, 5.41) is 10.1. The Bertz CT molecular complexity index is 721. The summed E-state index contributed by atoms with van der Waals surface area (Å²) in [6, 6.07) is 13.5. The topological polar surface area (TPSA) is 55.8 Å². The van der Waals surface area contributed by atoms with Crippen molar-refractivity contribution in [2.24, 2.45) is 0 Å². The molecule has 1 atom stereocenters. The molecule has 0 radical (unpaired) electrons. The first-order chi connectivity index (χ1) is 12.1. The van der Waals surface area contributed by atoms with Crippen LogP contribution in [0.2, 0.25) is 0 Å². The fraction of sp³-hybridized carbons (Fsp3) is 0.381. The first kappa shape index (κ1) is 17.5. The van der Waals surface area contributed by atoms with E-state index in [0.717, 1.165) is 44.1 Å². The standard InChI is InChI=1S/C21H24O4/c1-15(22)24-20-13-9-17-4-2-3-5-18(23)10-6-16-7-11-19(12-8-16)25-21(20)14-17/h7-9,11-14,18,23H,2-6,10H2,1H3/t18-/m1/s1. The normalized spacial score (nSPS) is 17.9. The Labute approximate surface area is 148 Å². The lowest BCUT2D eigenvalue weighted by atomic mass is 10.0. The van der Waals surface area contributed by atoms with Crippen molar-refractivity contribution in [2.45, 2.75) is 51.6 Å². The van der Waals surface area contributed by atoms with E-state index in [1.807, 2.05) is 36.4 Å². The number of ether oxygens (including phenoxy) is 2. The number of benzene rings is 2. The molecule has 0 saturated carbocycles. The number of carbonyl (C=O) groups excluding carboxylic acids is 1. The van der Waals surface area contributed by atoms with Crippen LogP contribution in [0.5, 0.6) is 17.2 Å². The molecule has 4 nitrogen and oxygen atoms in total. The van der Waals surface area contributed by atoms with Crippen LogP contribution < -0.4 is 9.47 Å². The van der Waals surface area contributed by atoms with Crippen molar-refractivity contribution < 1.29 is 19.4 Å². The number of rotatable bonds is 1. The number of fused-ring (bicyclic) bond motifs is 8. The maximum Gasteiger partial charge on any atom is 0.308 e. The first-order valence-electron chi connectivity index (χ1n) is 8.86. The van der Waals surface area contributed by atoms with Crippen molar-refractivity contribution >= 4 is 5.97 Å². The van der Waals surface area contributed by atoms with Crippen LogP contribution in [0.25, 0.3) is 0 Å². The summed E-state index contributed by atoms with van der Waals surface area (Å²) >= 11 is 0. The molecule has 25 heavy (non-hydrogen) atoms. The third kappa shape index (κ3) is 5.07. The highest BCUT2D eigenvalue weighted by Crippen LogP contribution is 2.33. The van der Waals surface area contributed by atoms with Gasteiger partial charge in [0, 0.05) is 6.92 Å². The summed E-state index contributed by atoms with van der Waals surface area (Å²) in [5.41, 5.74) is 2.31. The van der Waals surface area contributed by atoms with Gasteiger partial charge >= 0.3 is 5.97 Å². The third-order valence-corrected chi connectivity index (χ3v) is 4.43. The minimum atomic E-state index is -0.368. The van der Waals surface area contributed by atoms with Gasteiger partial charge in [0.05, 0.1) is 6.10 Å². The highest BCUT2D eigenvalue weighted by Gasteiger charge is 2.12. The predicted octanol–water partition coefficient (Wildman–Crippen LogP) is 4.42. The largest absolute Gasteiger partial charge is 0.453 e. The van der Waals surface area contributed by atoms with Gasteiger partial charge in [0.2, 0.25) is 0 Å². The molecule has 4 heteroatoms. The second-order valence-electron chi connectivity index (χ2n) is 6.56. The molecule has 2 aliphatic rings. The van der Waals surface area contributed by atoms with E-state index >= 15 is 0 Å². The van der Waals surface area contributed by atoms with Gasteiger partial charge in [-0.3, -0.25) is 4.79 Å². The van der Waals surface area contributed by atoms with Crippen LogP contribution in [0.15, 0.2) is 42.5 Å². The third-order valence-electron chi connectivity index (χ3n) is 4.43. The summed E-state index contributed by atoms with van der Waals surface area (Å²) in [6.45, 7) is 1.38. The van der Waals surface area contributed by atoms with E-state index in [4.69, 9.17) is 9.47 Å². The Morgan fingerprint density at radius 1 is 1.04 bits per heavy atom. The maximum absolute atomic E-state index is 11.3. The molecule has 2 aliphatic heterocycles. The minimum Gasteiger partial charge on any atom is -0.453 e. The molecule has 2 heterocycles. The zero-order valence-electron chi connectivity index (χ0n) is 14.5. The molecule has 0 aromatic heterocycles. The van der Waals surface area contributed by atoms with E-state index in [2.05, 4.69) is 0 Å². The van der Waals surface area contributed by atoms with Crippen molar-refractivity contribution in [3.8, 4) is 17.2 Å². The predicted molar refractivity (Wildman–Crippen MR) is 96.1 cm³/mol. The Morgan fingerprint density at radius 3 is 2.56 bits per heavy atom. The molecule has 0 aliphatic carbocycles. The summed E-state index contributed by atoms with van der Waals surface area (Å²) in [4.78, 5) is 11.3. The summed E-state index contributed by atoms with van der Waals surface area (Å²) in [6.07, 6.45) is 5.12. The number of aliphatic hydroxyl groups is 1. The van der Waals surface area contributed by atoms with E-state index in [0.29, 0.717) is 17.2 Å². The highest BCUT2D eigenvalue weighted by atomic mass is 16.6. The van der Waals surface area contributed by atoms with Crippen LogP contribution in [0.4, 0.5) is 0 Å². The lowest BCUT2D eigenvalue weighted by molar-refractivity contribution is -0.132. The molecule has 0 unspecified atom stereocenters. The molecule has 1 N–H and O–H groups in total. The van der Waals surface area contributed by atoms with Crippen LogP contribution in [0, 0.1) is 0 Å². The molecular weight excluding hydrogens is 316 g/mol. The van der Waals surface area contributed by atoms with Gasteiger partial charge < -0.3 is 14.6 Å². The number of esters is 1. The van der Waals surface area contributed by atoms with Crippen molar-refractivity contribution in [2.75, 3.05) is 0 Å². The van der Waals surface area contributed by atoms with E-state index in [1.54, 1.807) is 6.07 Å². The molecular formula is C21H24O4. The van der Waals surface area contributed by atoms with Gasteiger partial charge in [-0.15, -0.1) is 0 Å². The molecule has 0 fully saturated rings. The Morgan fingerprint density at radius 2 is 1.80 bits per heavy atom. The number of hydrogen-bond acceptors (Lipinski definition) is 4. The first-order valence-corrected chi connectivity index (χ1v) is 8.86. The molecule has 132 valence electrons. The van der Waals surface area contributed by atoms with Crippen molar-refractivity contribution in [3.63, 3.8) is 0 Å². The monoisotopic (exact) mass is 340 g/mol. The van der Waals surface area contributed by atoms with Crippen LogP contribution in [0.3, 0.4) is 0 Å². The zero-order valence-corrected chi connectivity index (χ0v) is 14.5. The van der Waals surface area contributed by atoms with Gasteiger partial charge in [0.15, 0.2) is 11.5 Å². The Balaban J connectivity index is 1.90. The van der Waals surface area contributed by atoms with Gasteiger partial charge in [-0.25, -0.2) is 0 Å². The average Bonchev–Trinajstić information content (AvgIpc) is 2.60. The second-order valence-corrected chi connectivity index (χ2v) is 6.56. The van der Waals surface area contributed by atoms with E-state index in [1.165, 1.54) is 12.5 Å². The number of aryl methyl sites for hydroxylation is 2. The Kier molecular flexibility index (Phi) is 5.71. The number of hydrogen-bond donors (Lipinski definition) is 1. The fourth-order valence-electron chi connectivity index (χ4n) is 3.06. The molecule has 0 amide bonds. The number of carbonyl (C=O) groups is 1. The smallest absolute Gasteiger partial charge is 0.308 e. The van der Waals surface area contributed by atoms with Gasteiger partial charge in [-0.2, -0.15) is 0 Å².